The minimum atomic E-state index is 0.0915. The first kappa shape index (κ1) is 12.2. The molecule has 0 saturated carbocycles. The highest BCUT2D eigenvalue weighted by Gasteiger charge is 2.03. The van der Waals surface area contributed by atoms with Crippen molar-refractivity contribution in [3.05, 3.63) is 35.4 Å². The summed E-state index contributed by atoms with van der Waals surface area (Å²) in [6, 6.07) is 9.38. The molecule has 1 aromatic carbocycles. The van der Waals surface area contributed by atoms with E-state index in [1.807, 2.05) is 37.3 Å². The Bertz CT molecular complexity index is 460. The predicted octanol–water partition coefficient (Wildman–Crippen LogP) is 2.28. The number of hydrogen-bond donors (Lipinski definition) is 1. The van der Waals surface area contributed by atoms with Gasteiger partial charge in [-0.3, -0.25) is 0 Å². The van der Waals surface area contributed by atoms with E-state index in [0.29, 0.717) is 12.4 Å². The quantitative estimate of drug-likeness (QED) is 0.491. The zero-order valence-electron chi connectivity index (χ0n) is 8.93. The van der Waals surface area contributed by atoms with Crippen LogP contribution >= 0.6 is 12.2 Å². The molecule has 3 nitrogen and oxygen atoms in total. The number of thiocarbonyl (C=S) groups is 1. The highest BCUT2D eigenvalue weighted by Crippen LogP contribution is 2.20. The molecule has 16 heavy (non-hydrogen) atoms. The molecule has 1 rings (SSSR count). The molecule has 2 N–H and O–H groups in total. The number of benzene rings is 1. The molecule has 0 bridgehead atoms. The maximum atomic E-state index is 8.85. The first-order valence-electron chi connectivity index (χ1n) is 4.82. The van der Waals surface area contributed by atoms with Gasteiger partial charge in [-0.1, -0.05) is 30.4 Å². The average Bonchev–Trinajstić information content (AvgIpc) is 2.27. The van der Waals surface area contributed by atoms with E-state index in [1.54, 1.807) is 6.08 Å². The van der Waals surface area contributed by atoms with Crippen LogP contribution in [0.15, 0.2) is 29.8 Å². The molecule has 0 aliphatic heterocycles. The third kappa shape index (κ3) is 3.07. The molecule has 0 unspecified atom stereocenters. The second kappa shape index (κ2) is 5.89. The molecule has 82 valence electrons. The number of nitriles is 1. The average molecular weight is 232 g/mol. The van der Waals surface area contributed by atoms with E-state index < -0.39 is 0 Å². The number of rotatable bonds is 4. The molecule has 4 heteroatoms. The van der Waals surface area contributed by atoms with Crippen molar-refractivity contribution in [1.82, 2.24) is 0 Å². The first-order valence-corrected chi connectivity index (χ1v) is 5.23. The minimum Gasteiger partial charge on any atom is -0.493 e. The lowest BCUT2D eigenvalue weighted by Gasteiger charge is -2.06. The van der Waals surface area contributed by atoms with Crippen LogP contribution in [-0.4, -0.2) is 11.6 Å². The summed E-state index contributed by atoms with van der Waals surface area (Å²) in [6.07, 6.45) is 1.63. The van der Waals surface area contributed by atoms with Crippen molar-refractivity contribution >= 4 is 23.3 Å². The fourth-order valence-electron chi connectivity index (χ4n) is 1.20. The van der Waals surface area contributed by atoms with E-state index >= 15 is 0 Å². The Hall–Kier alpha value is -1.86. The lowest BCUT2D eigenvalue weighted by atomic mass is 10.1. The Kier molecular flexibility index (Phi) is 4.49. The lowest BCUT2D eigenvalue weighted by molar-refractivity contribution is 0.339. The Morgan fingerprint density at radius 1 is 1.56 bits per heavy atom. The van der Waals surface area contributed by atoms with Crippen LogP contribution in [-0.2, 0) is 0 Å². The van der Waals surface area contributed by atoms with Gasteiger partial charge in [-0.25, -0.2) is 0 Å². The summed E-state index contributed by atoms with van der Waals surface area (Å²) >= 11 is 4.77. The van der Waals surface area contributed by atoms with E-state index in [-0.39, 0.29) is 10.6 Å². The Morgan fingerprint density at radius 2 is 2.25 bits per heavy atom. The zero-order chi connectivity index (χ0) is 12.0. The van der Waals surface area contributed by atoms with Gasteiger partial charge in [0.1, 0.15) is 16.8 Å². The highest BCUT2D eigenvalue weighted by atomic mass is 32.1. The van der Waals surface area contributed by atoms with Crippen LogP contribution in [0, 0.1) is 11.3 Å². The molecular weight excluding hydrogens is 220 g/mol. The van der Waals surface area contributed by atoms with Crippen LogP contribution in [0.4, 0.5) is 0 Å². The van der Waals surface area contributed by atoms with E-state index in [9.17, 15) is 0 Å². The molecule has 0 aliphatic carbocycles. The van der Waals surface area contributed by atoms with Crippen molar-refractivity contribution in [3.8, 4) is 11.8 Å². The molecule has 0 fully saturated rings. The summed E-state index contributed by atoms with van der Waals surface area (Å²) in [6.45, 7) is 2.47. The molecule has 0 radical (unpaired) electrons. The van der Waals surface area contributed by atoms with Gasteiger partial charge in [-0.2, -0.15) is 5.26 Å². The molecule has 0 saturated heterocycles. The standard InChI is InChI=1S/C12H12N2OS/c1-2-15-11-6-4-3-5-9(11)7-10(8-13)12(14)16/h3-7H,2H2,1H3,(H2,14,16)/b10-7-. The fraction of sp³-hybridized carbons (Fsp3) is 0.167. The summed E-state index contributed by atoms with van der Waals surface area (Å²) in [5, 5.41) is 8.85. The van der Waals surface area contributed by atoms with Gasteiger partial charge in [-0.05, 0) is 19.1 Å². The van der Waals surface area contributed by atoms with Crippen molar-refractivity contribution < 1.29 is 4.74 Å². The molecule has 0 aromatic heterocycles. The molecule has 0 spiro atoms. The Balaban J connectivity index is 3.13. The van der Waals surface area contributed by atoms with E-state index in [1.165, 1.54) is 0 Å². The van der Waals surface area contributed by atoms with Crippen LogP contribution in [0.25, 0.3) is 6.08 Å². The largest absolute Gasteiger partial charge is 0.493 e. The van der Waals surface area contributed by atoms with Gasteiger partial charge < -0.3 is 10.5 Å². The number of nitrogens with two attached hydrogens (primary N) is 1. The summed E-state index contributed by atoms with van der Waals surface area (Å²) in [5.74, 6) is 0.717. The van der Waals surface area contributed by atoms with Crippen molar-refractivity contribution in [2.45, 2.75) is 6.92 Å². The van der Waals surface area contributed by atoms with Crippen molar-refractivity contribution in [1.29, 1.82) is 5.26 Å². The maximum absolute atomic E-state index is 8.85. The van der Waals surface area contributed by atoms with Crippen LogP contribution in [0.2, 0.25) is 0 Å². The van der Waals surface area contributed by atoms with Gasteiger partial charge >= 0.3 is 0 Å². The molecule has 0 aliphatic rings. The van der Waals surface area contributed by atoms with E-state index in [4.69, 9.17) is 28.0 Å². The molecule has 1 aromatic rings. The monoisotopic (exact) mass is 232 g/mol. The molecular formula is C12H12N2OS. The molecule has 0 atom stereocenters. The van der Waals surface area contributed by atoms with Crippen molar-refractivity contribution in [2.75, 3.05) is 6.61 Å². The number of nitrogens with zero attached hydrogens (tertiary/aromatic N) is 1. The second-order valence-electron chi connectivity index (χ2n) is 3.00. The number of ether oxygens (including phenoxy) is 1. The van der Waals surface area contributed by atoms with Gasteiger partial charge in [-0.15, -0.1) is 0 Å². The van der Waals surface area contributed by atoms with Gasteiger partial charge in [0.15, 0.2) is 0 Å². The number of hydrogen-bond acceptors (Lipinski definition) is 3. The Labute approximate surface area is 100 Å². The second-order valence-corrected chi connectivity index (χ2v) is 3.44. The van der Waals surface area contributed by atoms with Gasteiger partial charge in [0.2, 0.25) is 0 Å². The third-order valence-corrected chi connectivity index (χ3v) is 2.12. The smallest absolute Gasteiger partial charge is 0.126 e. The topological polar surface area (TPSA) is 59.0 Å². The Morgan fingerprint density at radius 3 is 2.81 bits per heavy atom. The van der Waals surface area contributed by atoms with Crippen LogP contribution < -0.4 is 10.5 Å². The van der Waals surface area contributed by atoms with E-state index in [0.717, 1.165) is 5.56 Å². The highest BCUT2D eigenvalue weighted by molar-refractivity contribution is 7.80. The third-order valence-electron chi connectivity index (χ3n) is 1.90. The summed E-state index contributed by atoms with van der Waals surface area (Å²) in [5.41, 5.74) is 6.50. The van der Waals surface area contributed by atoms with Crippen LogP contribution in [0.3, 0.4) is 0 Å². The van der Waals surface area contributed by atoms with Gasteiger partial charge in [0.25, 0.3) is 0 Å². The summed E-state index contributed by atoms with van der Waals surface area (Å²) < 4.78 is 5.42. The summed E-state index contributed by atoms with van der Waals surface area (Å²) in [4.78, 5) is 0.0915. The molecule has 0 amide bonds. The fourth-order valence-corrected chi connectivity index (χ4v) is 1.31. The van der Waals surface area contributed by atoms with Crippen molar-refractivity contribution in [3.63, 3.8) is 0 Å². The first-order chi connectivity index (χ1) is 7.69. The minimum absolute atomic E-state index is 0.0915. The number of para-hydroxylation sites is 1. The zero-order valence-corrected chi connectivity index (χ0v) is 9.75. The van der Waals surface area contributed by atoms with E-state index in [2.05, 4.69) is 0 Å². The normalized spacial score (nSPS) is 10.6. The van der Waals surface area contributed by atoms with Gasteiger partial charge in [0.05, 0.1) is 12.2 Å². The van der Waals surface area contributed by atoms with Gasteiger partial charge in [0, 0.05) is 5.56 Å². The van der Waals surface area contributed by atoms with Crippen molar-refractivity contribution in [2.24, 2.45) is 5.73 Å². The SMILES string of the molecule is CCOc1ccccc1/C=C(/C#N)C(N)=S. The van der Waals surface area contributed by atoms with Crippen LogP contribution in [0.5, 0.6) is 5.75 Å². The lowest BCUT2D eigenvalue weighted by Crippen LogP contribution is -2.09. The maximum Gasteiger partial charge on any atom is 0.126 e. The van der Waals surface area contributed by atoms with Crippen LogP contribution in [0.1, 0.15) is 12.5 Å². The molecule has 0 heterocycles. The predicted molar refractivity (Wildman–Crippen MR) is 68.0 cm³/mol. The summed E-state index contributed by atoms with van der Waals surface area (Å²) in [7, 11) is 0.